The number of ether oxygens (including phenoxy) is 4. The lowest BCUT2D eigenvalue weighted by Crippen LogP contribution is -2.67. The van der Waals surface area contributed by atoms with Gasteiger partial charge in [0.1, 0.15) is 29.3 Å². The Bertz CT molecular complexity index is 931. The summed E-state index contributed by atoms with van der Waals surface area (Å²) < 4.78 is 22.7. The van der Waals surface area contributed by atoms with E-state index in [1.54, 1.807) is 25.2 Å². The Hall–Kier alpha value is -2.90. The highest BCUT2D eigenvalue weighted by Crippen LogP contribution is 2.39. The van der Waals surface area contributed by atoms with Crippen LogP contribution in [0.3, 0.4) is 0 Å². The number of benzene rings is 2. The maximum absolute atomic E-state index is 12.8. The Kier molecular flexibility index (Phi) is 5.74. The fraction of sp³-hybridized carbons (Fsp3) is 0.391. The van der Waals surface area contributed by atoms with Crippen molar-refractivity contribution in [1.82, 2.24) is 4.90 Å². The zero-order valence-electron chi connectivity index (χ0n) is 17.2. The molecule has 1 unspecified atom stereocenters. The average molecular weight is 411 g/mol. The van der Waals surface area contributed by atoms with Crippen LogP contribution in [0, 0.1) is 5.92 Å². The molecule has 2 heterocycles. The first-order chi connectivity index (χ1) is 14.5. The molecule has 0 aromatic heterocycles. The first-order valence-corrected chi connectivity index (χ1v) is 9.87. The normalized spacial score (nSPS) is 25.7. The lowest BCUT2D eigenvalue weighted by molar-refractivity contribution is -0.172. The summed E-state index contributed by atoms with van der Waals surface area (Å²) in [7, 11) is 3.16. The van der Waals surface area contributed by atoms with Crippen molar-refractivity contribution in [2.75, 3.05) is 20.8 Å². The van der Waals surface area contributed by atoms with E-state index in [0.29, 0.717) is 24.7 Å². The Morgan fingerprint density at radius 1 is 1.13 bits per heavy atom. The van der Waals surface area contributed by atoms with Crippen LogP contribution >= 0.6 is 0 Å². The zero-order chi connectivity index (χ0) is 21.3. The number of carbonyl (C=O) groups excluding carboxylic acids is 2. The summed E-state index contributed by atoms with van der Waals surface area (Å²) in [6.45, 7) is 2.08. The molecule has 0 aliphatic carbocycles. The van der Waals surface area contributed by atoms with E-state index < -0.39 is 12.2 Å². The number of nitrogens with zero attached hydrogens (tertiary/aromatic N) is 1. The lowest BCUT2D eigenvalue weighted by Gasteiger charge is -2.48. The molecular formula is C23H25NO6. The highest BCUT2D eigenvalue weighted by molar-refractivity contribution is 6.05. The molecule has 4 atom stereocenters. The van der Waals surface area contributed by atoms with Gasteiger partial charge in [0.2, 0.25) is 5.91 Å². The second kappa shape index (κ2) is 8.45. The predicted octanol–water partition coefficient (Wildman–Crippen LogP) is 2.73. The molecule has 7 nitrogen and oxygen atoms in total. The van der Waals surface area contributed by atoms with Gasteiger partial charge in [0.15, 0.2) is 6.29 Å². The van der Waals surface area contributed by atoms with Crippen molar-refractivity contribution in [2.45, 2.75) is 31.9 Å². The third-order valence-corrected chi connectivity index (χ3v) is 5.69. The van der Waals surface area contributed by atoms with Crippen LogP contribution in [-0.4, -0.2) is 49.6 Å². The topological polar surface area (TPSA) is 74.3 Å². The molecule has 30 heavy (non-hydrogen) atoms. The minimum atomic E-state index is -0.711. The van der Waals surface area contributed by atoms with Crippen LogP contribution in [0.2, 0.25) is 0 Å². The van der Waals surface area contributed by atoms with Gasteiger partial charge in [-0.25, -0.2) is 0 Å². The van der Waals surface area contributed by atoms with Crippen LogP contribution in [0.5, 0.6) is 11.5 Å². The predicted molar refractivity (Wildman–Crippen MR) is 108 cm³/mol. The smallest absolute Gasteiger partial charge is 0.236 e. The largest absolute Gasteiger partial charge is 0.497 e. The van der Waals surface area contributed by atoms with E-state index in [2.05, 4.69) is 0 Å². The second-order valence-corrected chi connectivity index (χ2v) is 7.47. The summed E-state index contributed by atoms with van der Waals surface area (Å²) in [5.74, 6) is 0.226. The molecule has 0 spiro atoms. The third kappa shape index (κ3) is 3.66. The van der Waals surface area contributed by atoms with Gasteiger partial charge in [-0.15, -0.1) is 0 Å². The first-order valence-electron chi connectivity index (χ1n) is 9.87. The van der Waals surface area contributed by atoms with Crippen molar-refractivity contribution in [3.63, 3.8) is 0 Å². The fourth-order valence-corrected chi connectivity index (χ4v) is 4.13. The number of carbonyl (C=O) groups is 2. The molecular weight excluding hydrogens is 386 g/mol. The maximum atomic E-state index is 12.8. The molecule has 0 bridgehead atoms. The number of amides is 1. The van der Waals surface area contributed by atoms with Crippen LogP contribution in [0.25, 0.3) is 0 Å². The van der Waals surface area contributed by atoms with Crippen LogP contribution in [0.1, 0.15) is 24.3 Å². The van der Waals surface area contributed by atoms with Crippen molar-refractivity contribution >= 4 is 11.7 Å². The summed E-state index contributed by atoms with van der Waals surface area (Å²) in [5.41, 5.74) is 1.74. The molecule has 2 aromatic rings. The molecule has 2 aliphatic rings. The molecule has 1 amide bonds. The van der Waals surface area contributed by atoms with Gasteiger partial charge in [0.25, 0.3) is 0 Å². The number of β-lactam (4-membered cyclic amide) rings is 1. The molecule has 7 heteroatoms. The Morgan fingerprint density at radius 2 is 1.90 bits per heavy atom. The van der Waals surface area contributed by atoms with Crippen molar-refractivity contribution in [3.8, 4) is 11.5 Å². The van der Waals surface area contributed by atoms with Gasteiger partial charge >= 0.3 is 0 Å². The van der Waals surface area contributed by atoms with Crippen molar-refractivity contribution < 1.29 is 28.5 Å². The highest BCUT2D eigenvalue weighted by atomic mass is 16.7. The molecule has 2 aliphatic heterocycles. The number of rotatable bonds is 7. The average Bonchev–Trinajstić information content (AvgIpc) is 3.25. The number of hydrogen-bond donors (Lipinski definition) is 0. The van der Waals surface area contributed by atoms with Gasteiger partial charge in [0.05, 0.1) is 26.9 Å². The molecule has 2 aromatic carbocycles. The van der Waals surface area contributed by atoms with Gasteiger partial charge in [-0.05, 0) is 19.1 Å². The van der Waals surface area contributed by atoms with E-state index in [1.807, 2.05) is 42.5 Å². The standard InChI is InChI=1S/C23H25NO6/c1-14(25)20-21(19-13-29-23(30-19)15-7-5-4-6-8-15)24(22(20)26)12-16-9-10-17(27-2)11-18(16)28-3/h4-11,19-21,23H,12-13H2,1-3H3/t19-,20-,21-,23?/m1/s1. The van der Waals surface area contributed by atoms with Gasteiger partial charge in [-0.1, -0.05) is 30.3 Å². The van der Waals surface area contributed by atoms with Crippen LogP contribution in [-0.2, 0) is 25.6 Å². The molecule has 0 saturated carbocycles. The minimum absolute atomic E-state index is 0.158. The number of likely N-dealkylation sites (tertiary alicyclic amines) is 1. The number of ketones is 1. The fourth-order valence-electron chi connectivity index (χ4n) is 4.13. The van der Waals surface area contributed by atoms with Crippen LogP contribution in [0.4, 0.5) is 0 Å². The SMILES string of the molecule is COc1ccc(CN2C(=O)[C@H](C(C)=O)[C@H]2[C@H]2COC(c3ccccc3)O2)c(OC)c1. The van der Waals surface area contributed by atoms with Gasteiger partial charge in [-0.2, -0.15) is 0 Å². The third-order valence-electron chi connectivity index (χ3n) is 5.69. The van der Waals surface area contributed by atoms with Crippen LogP contribution in [0.15, 0.2) is 48.5 Å². The summed E-state index contributed by atoms with van der Waals surface area (Å²) >= 11 is 0. The molecule has 4 rings (SSSR count). The number of Topliss-reactive ketones (excluding diaryl/α,β-unsaturated/α-hetero) is 1. The van der Waals surface area contributed by atoms with Crippen molar-refractivity contribution in [2.24, 2.45) is 5.92 Å². The van der Waals surface area contributed by atoms with E-state index in [4.69, 9.17) is 18.9 Å². The van der Waals surface area contributed by atoms with E-state index in [9.17, 15) is 9.59 Å². The minimum Gasteiger partial charge on any atom is -0.497 e. The van der Waals surface area contributed by atoms with E-state index >= 15 is 0 Å². The van der Waals surface area contributed by atoms with Crippen molar-refractivity contribution in [3.05, 3.63) is 59.7 Å². The van der Waals surface area contributed by atoms with Gasteiger partial charge < -0.3 is 23.8 Å². The zero-order valence-corrected chi connectivity index (χ0v) is 17.2. The molecule has 0 radical (unpaired) electrons. The first kappa shape index (κ1) is 20.4. The number of methoxy groups -OCH3 is 2. The molecule has 158 valence electrons. The quantitative estimate of drug-likeness (QED) is 0.515. The lowest BCUT2D eigenvalue weighted by atomic mass is 9.80. The second-order valence-electron chi connectivity index (χ2n) is 7.47. The molecule has 2 saturated heterocycles. The Labute approximate surface area is 175 Å². The van der Waals surface area contributed by atoms with E-state index in [-0.39, 0.29) is 23.8 Å². The van der Waals surface area contributed by atoms with E-state index in [0.717, 1.165) is 11.1 Å². The molecule has 2 fully saturated rings. The van der Waals surface area contributed by atoms with Crippen molar-refractivity contribution in [1.29, 1.82) is 0 Å². The summed E-state index contributed by atoms with van der Waals surface area (Å²) in [6.07, 6.45) is -0.886. The highest BCUT2D eigenvalue weighted by Gasteiger charge is 2.55. The monoisotopic (exact) mass is 411 g/mol. The summed E-state index contributed by atoms with van der Waals surface area (Å²) in [5, 5.41) is 0. The van der Waals surface area contributed by atoms with E-state index in [1.165, 1.54) is 6.92 Å². The number of hydrogen-bond acceptors (Lipinski definition) is 6. The maximum Gasteiger partial charge on any atom is 0.236 e. The Balaban J connectivity index is 1.54. The summed E-state index contributed by atoms with van der Waals surface area (Å²) in [6, 6.07) is 14.7. The van der Waals surface area contributed by atoms with Gasteiger partial charge in [-0.3, -0.25) is 9.59 Å². The van der Waals surface area contributed by atoms with Crippen LogP contribution < -0.4 is 9.47 Å². The summed E-state index contributed by atoms with van der Waals surface area (Å²) in [4.78, 5) is 26.6. The molecule has 0 N–H and O–H groups in total. The van der Waals surface area contributed by atoms with Gasteiger partial charge in [0, 0.05) is 23.7 Å². The Morgan fingerprint density at radius 3 is 2.57 bits per heavy atom.